The van der Waals surface area contributed by atoms with Crippen LogP contribution < -0.4 is 5.32 Å². The summed E-state index contributed by atoms with van der Waals surface area (Å²) in [5.74, 6) is -2.48. The Morgan fingerprint density at radius 3 is 2.65 bits per heavy atom. The molecule has 2 aliphatic rings. The fraction of sp³-hybridized carbons (Fsp3) is 0.700. The van der Waals surface area contributed by atoms with Crippen molar-refractivity contribution in [2.75, 3.05) is 6.54 Å². The topological polar surface area (TPSA) is 130 Å². The summed E-state index contributed by atoms with van der Waals surface area (Å²) in [7, 11) is 0. The molecule has 0 aromatic rings. The zero-order valence-corrected chi connectivity index (χ0v) is 11.5. The molecule has 2 fully saturated rings. The second-order valence-electron chi connectivity index (χ2n) is 5.13. The highest BCUT2D eigenvalue weighted by Crippen LogP contribution is 2.50. The third kappa shape index (κ3) is 2.19. The molecule has 0 radical (unpaired) electrons. The van der Waals surface area contributed by atoms with Gasteiger partial charge >= 0.3 is 5.97 Å². The fourth-order valence-corrected chi connectivity index (χ4v) is 4.11. The van der Waals surface area contributed by atoms with E-state index in [0.717, 1.165) is 0 Å². The molecular weight excluding hydrogens is 290 g/mol. The molecule has 2 saturated heterocycles. The SMILES string of the molecule is CC1(C)S[C@@H]2C(NC(=O)C[N+](=O)[O-])C(=O)N2[C@H]1C(=O)O. The van der Waals surface area contributed by atoms with E-state index in [-0.39, 0.29) is 0 Å². The molecule has 10 heteroatoms. The molecule has 0 aromatic carbocycles. The average molecular weight is 303 g/mol. The van der Waals surface area contributed by atoms with Gasteiger partial charge in [0.1, 0.15) is 17.5 Å². The molecule has 20 heavy (non-hydrogen) atoms. The molecule has 0 spiro atoms. The Balaban J connectivity index is 2.09. The molecule has 0 bridgehead atoms. The fourth-order valence-electron chi connectivity index (χ4n) is 2.48. The van der Waals surface area contributed by atoms with Crippen molar-refractivity contribution in [3.05, 3.63) is 10.1 Å². The summed E-state index contributed by atoms with van der Waals surface area (Å²) in [5, 5.41) is 21.2. The van der Waals surface area contributed by atoms with E-state index in [1.807, 2.05) is 0 Å². The van der Waals surface area contributed by atoms with Crippen LogP contribution in [0.15, 0.2) is 0 Å². The van der Waals surface area contributed by atoms with E-state index in [9.17, 15) is 29.6 Å². The van der Waals surface area contributed by atoms with Crippen molar-refractivity contribution >= 4 is 29.5 Å². The van der Waals surface area contributed by atoms with Crippen LogP contribution in [0.5, 0.6) is 0 Å². The normalized spacial score (nSPS) is 30.4. The average Bonchev–Trinajstić information content (AvgIpc) is 2.54. The van der Waals surface area contributed by atoms with Crippen LogP contribution in [0.4, 0.5) is 0 Å². The van der Waals surface area contributed by atoms with Gasteiger partial charge in [-0.2, -0.15) is 0 Å². The van der Waals surface area contributed by atoms with Crippen LogP contribution in [0.3, 0.4) is 0 Å². The van der Waals surface area contributed by atoms with Crippen molar-refractivity contribution in [2.24, 2.45) is 0 Å². The molecule has 1 unspecified atom stereocenters. The van der Waals surface area contributed by atoms with Gasteiger partial charge in [0.25, 0.3) is 12.5 Å². The van der Waals surface area contributed by atoms with E-state index >= 15 is 0 Å². The third-order valence-electron chi connectivity index (χ3n) is 3.26. The number of hydrogen-bond donors (Lipinski definition) is 2. The van der Waals surface area contributed by atoms with Crippen molar-refractivity contribution in [3.8, 4) is 0 Å². The van der Waals surface area contributed by atoms with Crippen molar-refractivity contribution in [1.29, 1.82) is 0 Å². The number of nitrogens with one attached hydrogen (secondary N) is 1. The number of carboxylic acids is 1. The first-order valence-corrected chi connectivity index (χ1v) is 6.67. The number of nitro groups is 1. The summed E-state index contributed by atoms with van der Waals surface area (Å²) in [6, 6.07) is -1.86. The van der Waals surface area contributed by atoms with Crippen LogP contribution in [0, 0.1) is 10.1 Å². The molecule has 0 aliphatic carbocycles. The smallest absolute Gasteiger partial charge is 0.327 e. The van der Waals surface area contributed by atoms with E-state index in [0.29, 0.717) is 0 Å². The predicted octanol–water partition coefficient (Wildman–Crippen LogP) is -1.11. The first-order chi connectivity index (χ1) is 9.15. The van der Waals surface area contributed by atoms with E-state index in [1.54, 1.807) is 13.8 Å². The number of nitrogens with zero attached hydrogens (tertiary/aromatic N) is 2. The molecule has 2 heterocycles. The lowest BCUT2D eigenvalue weighted by Crippen LogP contribution is -2.70. The van der Waals surface area contributed by atoms with Gasteiger partial charge in [0.15, 0.2) is 0 Å². The van der Waals surface area contributed by atoms with Crippen LogP contribution >= 0.6 is 11.8 Å². The molecule has 2 N–H and O–H groups in total. The number of hydrogen-bond acceptors (Lipinski definition) is 6. The summed E-state index contributed by atoms with van der Waals surface area (Å²) in [4.78, 5) is 45.1. The van der Waals surface area contributed by atoms with Crippen molar-refractivity contribution in [3.63, 3.8) is 0 Å². The largest absolute Gasteiger partial charge is 0.480 e. The maximum atomic E-state index is 11.9. The summed E-state index contributed by atoms with van der Waals surface area (Å²) >= 11 is 1.27. The second kappa shape index (κ2) is 4.62. The summed E-state index contributed by atoms with van der Waals surface area (Å²) in [6.07, 6.45) is 0. The van der Waals surface area contributed by atoms with Gasteiger partial charge in [-0.1, -0.05) is 0 Å². The number of carbonyl (C=O) groups is 3. The summed E-state index contributed by atoms with van der Waals surface area (Å²) in [5.41, 5.74) is 0. The molecule has 0 aromatic heterocycles. The standard InChI is InChI=1S/C10H13N3O6S/c1-10(2)6(9(16)17)13-7(15)5(8(13)20-10)11-4(14)3-12(18)19/h5-6,8H,3H2,1-2H3,(H,11,14)(H,16,17)/t5?,6-,8+/m0/s1. The molecule has 110 valence electrons. The lowest BCUT2D eigenvalue weighted by Gasteiger charge is -2.43. The maximum Gasteiger partial charge on any atom is 0.327 e. The second-order valence-corrected chi connectivity index (χ2v) is 6.91. The van der Waals surface area contributed by atoms with E-state index < -0.39 is 51.5 Å². The summed E-state index contributed by atoms with van der Waals surface area (Å²) < 4.78 is -0.686. The molecule has 2 aliphatic heterocycles. The van der Waals surface area contributed by atoms with Gasteiger partial charge in [-0.3, -0.25) is 19.7 Å². The van der Waals surface area contributed by atoms with Gasteiger partial charge in [-0.15, -0.1) is 11.8 Å². The number of carboxylic acid groups (broad SMARTS) is 1. The number of β-lactam (4-membered cyclic amide) rings is 1. The maximum absolute atomic E-state index is 11.9. The van der Waals surface area contributed by atoms with Gasteiger partial charge in [0.05, 0.1) is 0 Å². The van der Waals surface area contributed by atoms with Crippen LogP contribution in [-0.4, -0.2) is 61.5 Å². The van der Waals surface area contributed by atoms with E-state index in [4.69, 9.17) is 0 Å². The lowest BCUT2D eigenvalue weighted by atomic mass is 9.96. The number of amides is 2. The number of carbonyl (C=O) groups excluding carboxylic acids is 2. The Labute approximate surface area is 117 Å². The molecule has 2 rings (SSSR count). The predicted molar refractivity (Wildman–Crippen MR) is 67.5 cm³/mol. The molecular formula is C10H13N3O6S. The van der Waals surface area contributed by atoms with Gasteiger partial charge < -0.3 is 15.3 Å². The Kier molecular flexibility index (Phi) is 3.36. The number of fused-ring (bicyclic) bond motifs is 1. The Morgan fingerprint density at radius 1 is 1.55 bits per heavy atom. The van der Waals surface area contributed by atoms with Crippen LogP contribution in [-0.2, 0) is 14.4 Å². The Hall–Kier alpha value is -1.84. The first-order valence-electron chi connectivity index (χ1n) is 5.79. The minimum Gasteiger partial charge on any atom is -0.480 e. The molecule has 0 saturated carbocycles. The van der Waals surface area contributed by atoms with E-state index in [2.05, 4.69) is 5.32 Å². The van der Waals surface area contributed by atoms with Crippen LogP contribution in [0.25, 0.3) is 0 Å². The van der Waals surface area contributed by atoms with Crippen molar-refractivity contribution < 1.29 is 24.4 Å². The van der Waals surface area contributed by atoms with E-state index in [1.165, 1.54) is 16.7 Å². The van der Waals surface area contributed by atoms with Gasteiger partial charge in [0.2, 0.25) is 5.91 Å². The monoisotopic (exact) mass is 303 g/mol. The Morgan fingerprint density at radius 2 is 2.15 bits per heavy atom. The zero-order valence-electron chi connectivity index (χ0n) is 10.7. The summed E-state index contributed by atoms with van der Waals surface area (Å²) in [6.45, 7) is 2.50. The zero-order chi connectivity index (χ0) is 15.2. The molecule has 3 atom stereocenters. The minimum atomic E-state index is -1.10. The van der Waals surface area contributed by atoms with Crippen molar-refractivity contribution in [1.82, 2.24) is 10.2 Å². The number of aliphatic carboxylic acids is 1. The highest BCUT2D eigenvalue weighted by atomic mass is 32.2. The molecule has 2 amide bonds. The quantitative estimate of drug-likeness (QED) is 0.383. The molecule has 9 nitrogen and oxygen atoms in total. The van der Waals surface area contributed by atoms with Gasteiger partial charge in [-0.25, -0.2) is 4.79 Å². The Bertz CT molecular complexity index is 507. The van der Waals surface area contributed by atoms with Gasteiger partial charge in [-0.05, 0) is 13.8 Å². The number of thioether (sulfide) groups is 1. The van der Waals surface area contributed by atoms with Gasteiger partial charge in [0, 0.05) is 9.67 Å². The van der Waals surface area contributed by atoms with Crippen LogP contribution in [0.1, 0.15) is 13.8 Å². The third-order valence-corrected chi connectivity index (χ3v) is 4.84. The highest BCUT2D eigenvalue weighted by Gasteiger charge is 2.64. The van der Waals surface area contributed by atoms with Crippen LogP contribution in [0.2, 0.25) is 0 Å². The van der Waals surface area contributed by atoms with Crippen molar-refractivity contribution in [2.45, 2.75) is 36.1 Å². The lowest BCUT2D eigenvalue weighted by molar-refractivity contribution is -0.467. The number of rotatable bonds is 4. The first kappa shape index (κ1) is 14.6. The minimum absolute atomic E-state index is 0.491. The highest BCUT2D eigenvalue weighted by molar-refractivity contribution is 8.01.